The molecule has 0 spiro atoms. The third-order valence-corrected chi connectivity index (χ3v) is 8.37. The van der Waals surface area contributed by atoms with E-state index in [9.17, 15) is 14.7 Å². The third-order valence-electron chi connectivity index (χ3n) is 7.81. The Balaban J connectivity index is 1.25. The molecule has 0 saturated heterocycles. The number of rotatable bonds is 5. The molecule has 1 saturated carbocycles. The summed E-state index contributed by atoms with van der Waals surface area (Å²) in [4.78, 5) is 36.3. The smallest absolute Gasteiger partial charge is 0.256 e. The van der Waals surface area contributed by atoms with Gasteiger partial charge in [-0.25, -0.2) is 4.98 Å². The van der Waals surface area contributed by atoms with Crippen molar-refractivity contribution in [2.45, 2.75) is 43.7 Å². The first-order chi connectivity index (χ1) is 18.9. The van der Waals surface area contributed by atoms with Gasteiger partial charge in [0.05, 0.1) is 23.2 Å². The fourth-order valence-corrected chi connectivity index (χ4v) is 5.89. The monoisotopic (exact) mass is 559 g/mol. The van der Waals surface area contributed by atoms with Crippen molar-refractivity contribution in [2.75, 3.05) is 6.54 Å². The fourth-order valence-electron chi connectivity index (χ4n) is 5.49. The average Bonchev–Trinajstić information content (AvgIpc) is 3.79. The molecule has 198 valence electrons. The van der Waals surface area contributed by atoms with E-state index in [0.717, 1.165) is 29.7 Å². The predicted molar refractivity (Wildman–Crippen MR) is 152 cm³/mol. The van der Waals surface area contributed by atoms with Gasteiger partial charge >= 0.3 is 0 Å². The number of halogens is 2. The molecule has 0 bridgehead atoms. The van der Waals surface area contributed by atoms with Crippen LogP contribution in [0, 0.1) is 0 Å². The van der Waals surface area contributed by atoms with E-state index >= 15 is 0 Å². The molecule has 1 aromatic heterocycles. The van der Waals surface area contributed by atoms with Crippen molar-refractivity contribution in [3.8, 4) is 11.1 Å². The van der Waals surface area contributed by atoms with E-state index < -0.39 is 12.0 Å². The van der Waals surface area contributed by atoms with E-state index in [0.29, 0.717) is 51.9 Å². The van der Waals surface area contributed by atoms with Gasteiger partial charge in [-0.15, -0.1) is 0 Å². The number of aryl methyl sites for hydroxylation is 1. The van der Waals surface area contributed by atoms with Crippen LogP contribution in [0.15, 0.2) is 77.6 Å². The van der Waals surface area contributed by atoms with Crippen LogP contribution < -0.4 is 5.56 Å². The SMILES string of the molecule is O=C(C(O)c1cccc(-c2cc(Cl)ccc2Cl)c1)N1CCCc2nc(C3(c4ccccc4)CC3)[nH]c(=O)c2C1. The van der Waals surface area contributed by atoms with Crippen molar-refractivity contribution in [1.82, 2.24) is 14.9 Å². The van der Waals surface area contributed by atoms with E-state index in [-0.39, 0.29) is 17.5 Å². The number of aliphatic hydroxyl groups excluding tert-OH is 1. The van der Waals surface area contributed by atoms with Crippen molar-refractivity contribution >= 4 is 29.1 Å². The number of carbonyl (C=O) groups excluding carboxylic acids is 1. The zero-order chi connectivity index (χ0) is 27.1. The summed E-state index contributed by atoms with van der Waals surface area (Å²) in [7, 11) is 0. The van der Waals surface area contributed by atoms with Crippen LogP contribution in [0.5, 0.6) is 0 Å². The van der Waals surface area contributed by atoms with Gasteiger partial charge < -0.3 is 15.0 Å². The Hall–Kier alpha value is -3.45. The molecule has 1 aliphatic heterocycles. The van der Waals surface area contributed by atoms with Crippen LogP contribution in [0.2, 0.25) is 10.0 Å². The molecule has 39 heavy (non-hydrogen) atoms. The highest BCUT2D eigenvalue weighted by molar-refractivity contribution is 6.35. The first-order valence-corrected chi connectivity index (χ1v) is 13.8. The number of hydrogen-bond acceptors (Lipinski definition) is 4. The van der Waals surface area contributed by atoms with E-state index in [1.54, 1.807) is 41.3 Å². The lowest BCUT2D eigenvalue weighted by molar-refractivity contribution is -0.141. The maximum absolute atomic E-state index is 13.5. The third kappa shape index (κ3) is 4.89. The summed E-state index contributed by atoms with van der Waals surface area (Å²) in [5.74, 6) is 0.248. The summed E-state index contributed by atoms with van der Waals surface area (Å²) in [6.45, 7) is 0.524. The van der Waals surface area contributed by atoms with Crippen LogP contribution in [0.3, 0.4) is 0 Å². The zero-order valence-electron chi connectivity index (χ0n) is 21.2. The molecule has 1 aliphatic carbocycles. The van der Waals surface area contributed by atoms with Gasteiger partial charge in [0.2, 0.25) is 0 Å². The maximum Gasteiger partial charge on any atom is 0.256 e. The molecule has 1 fully saturated rings. The molecule has 1 unspecified atom stereocenters. The normalized spacial score (nSPS) is 16.7. The van der Waals surface area contributed by atoms with E-state index in [4.69, 9.17) is 28.2 Å². The standard InChI is InChI=1S/C31H27Cl2N3O3/c32-22-11-12-25(33)23(17-22)19-6-4-7-20(16-19)27(37)29(39)36-15-5-10-26-24(18-36)28(38)35-30(34-26)31(13-14-31)21-8-2-1-3-9-21/h1-4,6-9,11-12,16-17,27,37H,5,10,13-15,18H2,(H,34,35,38). The minimum Gasteiger partial charge on any atom is -0.378 e. The Kier molecular flexibility index (Phi) is 6.79. The summed E-state index contributed by atoms with van der Waals surface area (Å²) in [6, 6.07) is 22.4. The molecule has 3 aromatic carbocycles. The topological polar surface area (TPSA) is 86.3 Å². The number of H-pyrrole nitrogens is 1. The largest absolute Gasteiger partial charge is 0.378 e. The zero-order valence-corrected chi connectivity index (χ0v) is 22.7. The molecular weight excluding hydrogens is 533 g/mol. The highest BCUT2D eigenvalue weighted by Crippen LogP contribution is 2.52. The average molecular weight is 560 g/mol. The van der Waals surface area contributed by atoms with Gasteiger partial charge in [-0.05, 0) is 66.6 Å². The highest BCUT2D eigenvalue weighted by Gasteiger charge is 2.48. The molecule has 6 rings (SSSR count). The van der Waals surface area contributed by atoms with Crippen LogP contribution in [0.1, 0.15) is 53.6 Å². The molecule has 2 heterocycles. The number of carbonyl (C=O) groups is 1. The van der Waals surface area contributed by atoms with E-state index in [2.05, 4.69) is 17.1 Å². The number of aliphatic hydroxyl groups is 1. The lowest BCUT2D eigenvalue weighted by Gasteiger charge is -2.24. The van der Waals surface area contributed by atoms with Gasteiger partial charge in [-0.2, -0.15) is 0 Å². The summed E-state index contributed by atoms with van der Waals surface area (Å²) in [6.07, 6.45) is 1.74. The van der Waals surface area contributed by atoms with Gasteiger partial charge in [0.1, 0.15) is 5.82 Å². The Morgan fingerprint density at radius 1 is 1.03 bits per heavy atom. The number of aromatic nitrogens is 2. The second kappa shape index (κ2) is 10.3. The second-order valence-electron chi connectivity index (χ2n) is 10.3. The number of fused-ring (bicyclic) bond motifs is 1. The van der Waals surface area contributed by atoms with Gasteiger partial charge in [0, 0.05) is 22.2 Å². The predicted octanol–water partition coefficient (Wildman–Crippen LogP) is 5.83. The lowest BCUT2D eigenvalue weighted by Crippen LogP contribution is -2.36. The molecule has 8 heteroatoms. The van der Waals surface area contributed by atoms with Gasteiger partial charge in [0.25, 0.3) is 11.5 Å². The van der Waals surface area contributed by atoms with Crippen LogP contribution in [-0.4, -0.2) is 32.4 Å². The first-order valence-electron chi connectivity index (χ1n) is 13.1. The molecule has 1 amide bonds. The number of nitrogens with one attached hydrogen (secondary N) is 1. The van der Waals surface area contributed by atoms with Crippen molar-refractivity contribution in [3.05, 3.63) is 121 Å². The first kappa shape index (κ1) is 25.8. The van der Waals surface area contributed by atoms with Gasteiger partial charge in [-0.1, -0.05) is 71.7 Å². The number of amides is 1. The van der Waals surface area contributed by atoms with Crippen LogP contribution in [0.25, 0.3) is 11.1 Å². The molecule has 4 aromatic rings. The Morgan fingerprint density at radius 3 is 2.59 bits per heavy atom. The lowest BCUT2D eigenvalue weighted by atomic mass is 9.94. The highest BCUT2D eigenvalue weighted by atomic mass is 35.5. The summed E-state index contributed by atoms with van der Waals surface area (Å²) in [5.41, 5.74) is 3.81. The Bertz CT molecular complexity index is 1620. The molecular formula is C31H27Cl2N3O3. The minimum absolute atomic E-state index is 0.103. The van der Waals surface area contributed by atoms with Crippen LogP contribution in [-0.2, 0) is 23.2 Å². The van der Waals surface area contributed by atoms with Crippen molar-refractivity contribution in [1.29, 1.82) is 0 Å². The molecule has 1 atom stereocenters. The number of hydrogen-bond donors (Lipinski definition) is 2. The summed E-state index contributed by atoms with van der Waals surface area (Å²) in [5, 5.41) is 12.1. The quantitative estimate of drug-likeness (QED) is 0.322. The van der Waals surface area contributed by atoms with Crippen LogP contribution >= 0.6 is 23.2 Å². The molecule has 2 aliphatic rings. The number of benzene rings is 3. The number of nitrogens with zero attached hydrogens (tertiary/aromatic N) is 2. The Morgan fingerprint density at radius 2 is 1.82 bits per heavy atom. The van der Waals surface area contributed by atoms with Crippen molar-refractivity contribution in [2.24, 2.45) is 0 Å². The molecule has 6 nitrogen and oxygen atoms in total. The summed E-state index contributed by atoms with van der Waals surface area (Å²) >= 11 is 12.5. The van der Waals surface area contributed by atoms with Crippen molar-refractivity contribution < 1.29 is 9.90 Å². The minimum atomic E-state index is -1.39. The molecule has 0 radical (unpaired) electrons. The van der Waals surface area contributed by atoms with Crippen molar-refractivity contribution in [3.63, 3.8) is 0 Å². The fraction of sp³-hybridized carbons (Fsp3) is 0.258. The number of aromatic amines is 1. The van der Waals surface area contributed by atoms with Gasteiger partial charge in [0.15, 0.2) is 6.10 Å². The van der Waals surface area contributed by atoms with E-state index in [1.807, 2.05) is 24.3 Å². The Labute approximate surface area is 236 Å². The van der Waals surface area contributed by atoms with Gasteiger partial charge in [-0.3, -0.25) is 9.59 Å². The summed E-state index contributed by atoms with van der Waals surface area (Å²) < 4.78 is 0. The maximum atomic E-state index is 13.5. The van der Waals surface area contributed by atoms with Crippen LogP contribution in [0.4, 0.5) is 0 Å². The molecule has 2 N–H and O–H groups in total. The van der Waals surface area contributed by atoms with E-state index in [1.165, 1.54) is 0 Å². The second-order valence-corrected chi connectivity index (χ2v) is 11.1.